The van der Waals surface area contributed by atoms with Gasteiger partial charge in [0.2, 0.25) is 0 Å². The van der Waals surface area contributed by atoms with Crippen LogP contribution in [0.4, 0.5) is 18.9 Å². The van der Waals surface area contributed by atoms with Gasteiger partial charge in [-0.05, 0) is 30.0 Å². The molecule has 2 rings (SSSR count). The van der Waals surface area contributed by atoms with Crippen molar-refractivity contribution in [3.05, 3.63) is 61.5 Å². The van der Waals surface area contributed by atoms with E-state index >= 15 is 0 Å². The van der Waals surface area contributed by atoms with E-state index in [1.54, 1.807) is 14.2 Å². The maximum absolute atomic E-state index is 10.6. The topological polar surface area (TPSA) is 68.1 Å². The van der Waals surface area contributed by atoms with E-state index in [9.17, 15) is 13.2 Å². The molecule has 28 heavy (non-hydrogen) atoms. The number of methoxy groups -OCH3 is 2. The molecule has 0 fully saturated rings. The van der Waals surface area contributed by atoms with Crippen LogP contribution in [0.3, 0.4) is 0 Å². The van der Waals surface area contributed by atoms with Crippen molar-refractivity contribution in [3.8, 4) is 11.5 Å². The summed E-state index contributed by atoms with van der Waals surface area (Å²) >= 11 is 0. The summed E-state index contributed by atoms with van der Waals surface area (Å²) in [6, 6.07) is 16.4. The number of nitrogens with zero attached hydrogens (tertiary/aromatic N) is 1. The number of hydrogen-bond donors (Lipinski definition) is 1. The molecule has 2 aromatic carbocycles. The summed E-state index contributed by atoms with van der Waals surface area (Å²) in [7, 11) is 3.29. The number of carbonyl (C=O) groups is 1. The molecule has 2 aromatic rings. The van der Waals surface area contributed by atoms with Crippen LogP contribution < -0.4 is 9.47 Å². The second-order valence-corrected chi connectivity index (χ2v) is 4.84. The van der Waals surface area contributed by atoms with Crippen LogP contribution in [0.5, 0.6) is 11.5 Å². The van der Waals surface area contributed by atoms with Gasteiger partial charge >= 0.3 is 12.1 Å². The number of aliphatic carboxylic acids is 1. The van der Waals surface area contributed by atoms with Crippen molar-refractivity contribution >= 4 is 17.4 Å². The van der Waals surface area contributed by atoms with Crippen LogP contribution in [0.15, 0.2) is 47.5 Å². The van der Waals surface area contributed by atoms with Gasteiger partial charge in [0, 0.05) is 25.9 Å². The van der Waals surface area contributed by atoms with E-state index in [0.717, 1.165) is 28.5 Å². The van der Waals surface area contributed by atoms with E-state index in [0.29, 0.717) is 0 Å². The monoisotopic (exact) mass is 576 g/mol. The first-order valence-corrected chi connectivity index (χ1v) is 7.23. The summed E-state index contributed by atoms with van der Waals surface area (Å²) in [5.74, 6) is -1.14. The van der Waals surface area contributed by atoms with Crippen LogP contribution in [0, 0.1) is 13.5 Å². The molecule has 1 N–H and O–H groups in total. The zero-order valence-corrected chi connectivity index (χ0v) is 18.0. The van der Waals surface area contributed by atoms with Crippen molar-refractivity contribution in [1.29, 1.82) is 0 Å². The second-order valence-electron chi connectivity index (χ2n) is 4.84. The minimum Gasteiger partial charge on any atom is -0.540 e. The molecule has 0 spiro atoms. The largest absolute Gasteiger partial charge is 0.540 e. The Morgan fingerprint density at radius 3 is 1.86 bits per heavy atom. The minimum atomic E-state index is -5.08. The van der Waals surface area contributed by atoms with Crippen molar-refractivity contribution < 1.29 is 52.7 Å². The third kappa shape index (κ3) is 9.52. The van der Waals surface area contributed by atoms with Crippen molar-refractivity contribution in [3.63, 3.8) is 0 Å². The zero-order chi connectivity index (χ0) is 19.7. The molecule has 0 saturated carbocycles. The van der Waals surface area contributed by atoms with Gasteiger partial charge in [-0.15, -0.1) is 29.8 Å². The van der Waals surface area contributed by atoms with Gasteiger partial charge in [0.05, 0.1) is 19.9 Å². The zero-order valence-electron chi connectivity index (χ0n) is 15.6. The molecule has 0 atom stereocenters. The summed E-state index contributed by atoms with van der Waals surface area (Å²) in [4.78, 5) is 13.4. The smallest absolute Gasteiger partial charge is 0.490 e. The van der Waals surface area contributed by atoms with E-state index in [1.165, 1.54) is 0 Å². The molecule has 0 unspecified atom stereocenters. The Hall–Kier alpha value is -2.38. The maximum Gasteiger partial charge on any atom is 0.490 e. The molecule has 157 valence electrons. The van der Waals surface area contributed by atoms with Gasteiger partial charge in [0.1, 0.15) is 5.75 Å². The molecule has 5 nitrogen and oxygen atoms in total. The first-order chi connectivity index (χ1) is 12.2. The number of rotatable bonds is 4. The number of carboxylic acids is 1. The third-order valence-corrected chi connectivity index (χ3v) is 3.02. The Balaban J connectivity index is 0. The van der Waals surface area contributed by atoms with Crippen LogP contribution in [0.1, 0.15) is 12.5 Å². The van der Waals surface area contributed by atoms with Gasteiger partial charge in [-0.25, -0.2) is 4.79 Å². The summed E-state index contributed by atoms with van der Waals surface area (Å²) in [5.41, 5.74) is 2.76. The number of hydrogen-bond acceptors (Lipinski definition) is 4. The average Bonchev–Trinajstić information content (AvgIpc) is 2.62. The van der Waals surface area contributed by atoms with Crippen LogP contribution in [0.2, 0.25) is 0 Å². The molecule has 0 aromatic heterocycles. The van der Waals surface area contributed by atoms with Crippen molar-refractivity contribution in [2.24, 2.45) is 4.99 Å². The van der Waals surface area contributed by atoms with Crippen molar-refractivity contribution in [1.82, 2.24) is 0 Å². The fraction of sp³-hybridized carbons (Fsp3) is 0.211. The Morgan fingerprint density at radius 1 is 1.04 bits per heavy atom. The van der Waals surface area contributed by atoms with Crippen LogP contribution >= 0.6 is 0 Å². The molecule has 0 amide bonds. The fourth-order valence-electron chi connectivity index (χ4n) is 1.67. The first-order valence-electron chi connectivity index (χ1n) is 7.23. The van der Waals surface area contributed by atoms with E-state index in [-0.39, 0.29) is 27.5 Å². The first kappa shape index (κ1) is 27.8. The summed E-state index contributed by atoms with van der Waals surface area (Å²) in [5, 5.41) is 7.12. The predicted molar refractivity (Wildman–Crippen MR) is 96.8 cm³/mol. The standard InChI is InChI=1S/C16H16NO2.C2HF3O2.CH3.Ir/c1-12(13-4-8-15(18-2)9-5-13)17-14-6-10-16(19-3)11-7-14;3-2(4,5)1(6)7;;/h4,6-11H,1-3H3;(H,6,7);1H3;/q-1;;-1;. The Labute approximate surface area is 175 Å². The number of ether oxygens (including phenoxy) is 2. The fourth-order valence-corrected chi connectivity index (χ4v) is 1.67. The van der Waals surface area contributed by atoms with Gasteiger partial charge in [0.25, 0.3) is 0 Å². The number of benzene rings is 2. The predicted octanol–water partition coefficient (Wildman–Crippen LogP) is 4.73. The van der Waals surface area contributed by atoms with Crippen molar-refractivity contribution in [2.45, 2.75) is 13.1 Å². The number of halogens is 3. The van der Waals surface area contributed by atoms with Gasteiger partial charge in [0.15, 0.2) is 0 Å². The van der Waals surface area contributed by atoms with Crippen LogP contribution in [-0.2, 0) is 24.9 Å². The normalized spacial score (nSPS) is 10.4. The average molecular weight is 576 g/mol. The number of alkyl halides is 3. The maximum atomic E-state index is 10.6. The van der Waals surface area contributed by atoms with Gasteiger partial charge in [-0.3, -0.25) is 0 Å². The Kier molecular flexibility index (Phi) is 12.8. The molecule has 9 heteroatoms. The Morgan fingerprint density at radius 2 is 1.50 bits per heavy atom. The minimum absolute atomic E-state index is 0. The molecule has 0 aliphatic heterocycles. The summed E-state index contributed by atoms with van der Waals surface area (Å²) < 4.78 is 42.0. The molecule has 0 heterocycles. The van der Waals surface area contributed by atoms with Gasteiger partial charge in [-0.1, -0.05) is 6.92 Å². The van der Waals surface area contributed by atoms with E-state index < -0.39 is 12.1 Å². The van der Waals surface area contributed by atoms with E-state index in [2.05, 4.69) is 11.1 Å². The van der Waals surface area contributed by atoms with Crippen LogP contribution in [-0.4, -0.2) is 37.2 Å². The summed E-state index contributed by atoms with van der Waals surface area (Å²) in [6.45, 7) is 1.96. The second kappa shape index (κ2) is 12.9. The summed E-state index contributed by atoms with van der Waals surface area (Å²) in [6.07, 6.45) is -5.08. The van der Waals surface area contributed by atoms with Gasteiger partial charge in [-0.2, -0.15) is 13.2 Å². The van der Waals surface area contributed by atoms with E-state index in [4.69, 9.17) is 19.4 Å². The number of aliphatic imine (C=N–C) groups is 1. The molecular weight excluding hydrogens is 555 g/mol. The third-order valence-electron chi connectivity index (χ3n) is 3.02. The van der Waals surface area contributed by atoms with Crippen LogP contribution in [0.25, 0.3) is 0 Å². The molecule has 0 aliphatic rings. The Bertz CT molecular complexity index is 745. The molecule has 0 bridgehead atoms. The van der Waals surface area contributed by atoms with Gasteiger partial charge < -0.3 is 27.0 Å². The molecule has 0 saturated heterocycles. The van der Waals surface area contributed by atoms with E-state index in [1.807, 2.05) is 49.4 Å². The van der Waals surface area contributed by atoms with Crippen molar-refractivity contribution in [2.75, 3.05) is 14.2 Å². The SMILES string of the molecule is COc1c[c-]c(C(C)=Nc2ccc(OC)cc2)cc1.O=C(O)C(F)(F)F.[CH3-].[Ir]. The molecule has 1 radical (unpaired) electrons. The number of carboxylic acid groups (broad SMARTS) is 1. The molecule has 0 aliphatic carbocycles. The quantitative estimate of drug-likeness (QED) is 0.423. The molecular formula is C19H20F3IrNO4-2.